The third kappa shape index (κ3) is 1.42. The van der Waals surface area contributed by atoms with Crippen LogP contribution >= 0.6 is 0 Å². The highest BCUT2D eigenvalue weighted by Gasteiger charge is 2.44. The number of nitrogens with two attached hydrogens (primary N) is 1. The third-order valence-corrected chi connectivity index (χ3v) is 3.41. The maximum Gasteiger partial charge on any atom is 0.314 e. The number of carboxylic acid groups (broad SMARTS) is 1. The van der Waals surface area contributed by atoms with E-state index in [1.807, 2.05) is 0 Å². The zero-order valence-electron chi connectivity index (χ0n) is 7.85. The fourth-order valence-electron chi connectivity index (χ4n) is 2.68. The zero-order chi connectivity index (χ0) is 10.3. The number of carboxylic acids is 1. The van der Waals surface area contributed by atoms with Gasteiger partial charge in [-0.15, -0.1) is 0 Å². The van der Waals surface area contributed by atoms with Crippen molar-refractivity contribution in [2.45, 2.75) is 12.8 Å². The second-order valence-corrected chi connectivity index (χ2v) is 4.27. The standard InChI is InChI=1S/C9H14N2O3/c10-9(14)11-3-6-1-5(8(12)13)2-7(6)4-11/h5-7H,1-4H2,(H2,10,14)(H,12,13). The van der Waals surface area contributed by atoms with Gasteiger partial charge < -0.3 is 15.7 Å². The van der Waals surface area contributed by atoms with Gasteiger partial charge in [-0.2, -0.15) is 0 Å². The first-order valence-corrected chi connectivity index (χ1v) is 4.85. The normalized spacial score (nSPS) is 35.7. The molecular formula is C9H14N2O3. The highest BCUT2D eigenvalue weighted by Crippen LogP contribution is 2.41. The van der Waals surface area contributed by atoms with Crippen molar-refractivity contribution in [1.82, 2.24) is 4.90 Å². The molecule has 3 N–H and O–H groups in total. The van der Waals surface area contributed by atoms with Crippen LogP contribution in [0.1, 0.15) is 12.8 Å². The van der Waals surface area contributed by atoms with Crippen LogP contribution in [0.2, 0.25) is 0 Å². The average molecular weight is 198 g/mol. The Morgan fingerprint density at radius 1 is 1.21 bits per heavy atom. The zero-order valence-corrected chi connectivity index (χ0v) is 7.85. The van der Waals surface area contributed by atoms with Crippen molar-refractivity contribution in [3.8, 4) is 0 Å². The van der Waals surface area contributed by atoms with E-state index < -0.39 is 5.97 Å². The molecule has 2 rings (SSSR count). The number of carbonyl (C=O) groups is 2. The monoisotopic (exact) mass is 198 g/mol. The quantitative estimate of drug-likeness (QED) is 0.627. The Morgan fingerprint density at radius 3 is 2.07 bits per heavy atom. The van der Waals surface area contributed by atoms with Gasteiger partial charge >= 0.3 is 12.0 Å². The molecule has 0 aromatic heterocycles. The first-order valence-electron chi connectivity index (χ1n) is 4.85. The average Bonchev–Trinajstić information content (AvgIpc) is 2.57. The van der Waals surface area contributed by atoms with Crippen LogP contribution in [0.15, 0.2) is 0 Å². The summed E-state index contributed by atoms with van der Waals surface area (Å²) in [5, 5.41) is 8.84. The topological polar surface area (TPSA) is 83.6 Å². The summed E-state index contributed by atoms with van der Waals surface area (Å²) in [6.45, 7) is 1.29. The maximum atomic E-state index is 10.9. The Bertz CT molecular complexity index is 239. The van der Waals surface area contributed by atoms with Crippen molar-refractivity contribution < 1.29 is 14.7 Å². The molecule has 1 aliphatic heterocycles. The second kappa shape index (κ2) is 3.15. The predicted octanol–water partition coefficient (Wildman–Crippen LogP) is 0.108. The van der Waals surface area contributed by atoms with Gasteiger partial charge in [0, 0.05) is 13.1 Å². The number of amides is 2. The van der Waals surface area contributed by atoms with Crippen molar-refractivity contribution in [3.05, 3.63) is 0 Å². The van der Waals surface area contributed by atoms with E-state index in [1.54, 1.807) is 4.90 Å². The largest absolute Gasteiger partial charge is 0.481 e. The lowest BCUT2D eigenvalue weighted by molar-refractivity contribution is -0.141. The van der Waals surface area contributed by atoms with Crippen molar-refractivity contribution in [1.29, 1.82) is 0 Å². The molecule has 0 aromatic carbocycles. The highest BCUT2D eigenvalue weighted by atomic mass is 16.4. The molecule has 0 aromatic rings. The number of nitrogens with zero attached hydrogens (tertiary/aromatic N) is 1. The van der Waals surface area contributed by atoms with Crippen LogP contribution in [0.4, 0.5) is 4.79 Å². The number of fused-ring (bicyclic) bond motifs is 1. The highest BCUT2D eigenvalue weighted by molar-refractivity contribution is 5.73. The molecule has 1 saturated carbocycles. The van der Waals surface area contributed by atoms with Gasteiger partial charge in [0.1, 0.15) is 0 Å². The fourth-order valence-corrected chi connectivity index (χ4v) is 2.68. The fraction of sp³-hybridized carbons (Fsp3) is 0.778. The Hall–Kier alpha value is -1.26. The van der Waals surface area contributed by atoms with E-state index in [9.17, 15) is 9.59 Å². The molecular weight excluding hydrogens is 184 g/mol. The van der Waals surface area contributed by atoms with Gasteiger partial charge in [-0.1, -0.05) is 0 Å². The van der Waals surface area contributed by atoms with E-state index in [2.05, 4.69) is 0 Å². The van der Waals surface area contributed by atoms with Crippen LogP contribution in [0.5, 0.6) is 0 Å². The van der Waals surface area contributed by atoms with Crippen LogP contribution in [-0.4, -0.2) is 35.1 Å². The van der Waals surface area contributed by atoms with Crippen molar-refractivity contribution >= 4 is 12.0 Å². The summed E-state index contributed by atoms with van der Waals surface area (Å²) in [6, 6.07) is -0.383. The molecule has 14 heavy (non-hydrogen) atoms. The molecule has 1 saturated heterocycles. The molecule has 5 nitrogen and oxygen atoms in total. The molecule has 2 aliphatic rings. The maximum absolute atomic E-state index is 10.9. The number of primary amides is 1. The van der Waals surface area contributed by atoms with E-state index >= 15 is 0 Å². The van der Waals surface area contributed by atoms with Crippen molar-refractivity contribution in [3.63, 3.8) is 0 Å². The van der Waals surface area contributed by atoms with E-state index in [4.69, 9.17) is 10.8 Å². The van der Waals surface area contributed by atoms with Crippen LogP contribution in [0.3, 0.4) is 0 Å². The second-order valence-electron chi connectivity index (χ2n) is 4.27. The number of urea groups is 1. The molecule has 0 spiro atoms. The molecule has 0 radical (unpaired) electrons. The first-order chi connectivity index (χ1) is 6.58. The molecule has 1 aliphatic carbocycles. The number of likely N-dealkylation sites (tertiary alicyclic amines) is 1. The van der Waals surface area contributed by atoms with E-state index in [-0.39, 0.29) is 11.9 Å². The minimum Gasteiger partial charge on any atom is -0.481 e. The number of hydrogen-bond donors (Lipinski definition) is 2. The molecule has 78 valence electrons. The van der Waals surface area contributed by atoms with Gasteiger partial charge in [0.25, 0.3) is 0 Å². The van der Waals surface area contributed by atoms with E-state index in [1.165, 1.54) is 0 Å². The predicted molar refractivity (Wildman–Crippen MR) is 48.5 cm³/mol. The third-order valence-electron chi connectivity index (χ3n) is 3.41. The van der Waals surface area contributed by atoms with E-state index in [0.29, 0.717) is 37.8 Å². The van der Waals surface area contributed by atoms with Gasteiger partial charge in [-0.3, -0.25) is 4.79 Å². The molecule has 0 bridgehead atoms. The minimum atomic E-state index is -0.704. The lowest BCUT2D eigenvalue weighted by Crippen LogP contribution is -2.34. The summed E-state index contributed by atoms with van der Waals surface area (Å²) < 4.78 is 0. The smallest absolute Gasteiger partial charge is 0.314 e. The number of aliphatic carboxylic acids is 1. The van der Waals surface area contributed by atoms with Crippen LogP contribution in [0, 0.1) is 17.8 Å². The lowest BCUT2D eigenvalue weighted by atomic mass is 10.0. The Balaban J connectivity index is 1.96. The lowest BCUT2D eigenvalue weighted by Gasteiger charge is -2.14. The first kappa shape index (κ1) is 9.30. The van der Waals surface area contributed by atoms with Crippen LogP contribution in [-0.2, 0) is 4.79 Å². The van der Waals surface area contributed by atoms with Crippen LogP contribution < -0.4 is 5.73 Å². The Kier molecular flexibility index (Phi) is 2.09. The summed E-state index contributed by atoms with van der Waals surface area (Å²) in [6.07, 6.45) is 1.40. The molecule has 2 fully saturated rings. The minimum absolute atomic E-state index is 0.208. The molecule has 2 amide bonds. The van der Waals surface area contributed by atoms with Gasteiger partial charge in [0.2, 0.25) is 0 Å². The van der Waals surface area contributed by atoms with Gasteiger partial charge in [-0.25, -0.2) is 4.79 Å². The SMILES string of the molecule is NC(=O)N1CC2CC(C(=O)O)CC2C1. The van der Waals surface area contributed by atoms with E-state index in [0.717, 1.165) is 0 Å². The van der Waals surface area contributed by atoms with Gasteiger partial charge in [0.15, 0.2) is 0 Å². The summed E-state index contributed by atoms with van der Waals surface area (Å²) in [4.78, 5) is 23.2. The van der Waals surface area contributed by atoms with Crippen molar-refractivity contribution in [2.24, 2.45) is 23.5 Å². The van der Waals surface area contributed by atoms with Gasteiger partial charge in [0.05, 0.1) is 5.92 Å². The summed E-state index contributed by atoms with van der Waals surface area (Å²) in [7, 11) is 0. The van der Waals surface area contributed by atoms with Crippen LogP contribution in [0.25, 0.3) is 0 Å². The number of hydrogen-bond acceptors (Lipinski definition) is 2. The Morgan fingerprint density at radius 2 is 1.71 bits per heavy atom. The van der Waals surface area contributed by atoms with Crippen molar-refractivity contribution in [2.75, 3.05) is 13.1 Å². The molecule has 2 unspecified atom stereocenters. The molecule has 1 heterocycles. The number of carbonyl (C=O) groups excluding carboxylic acids is 1. The summed E-state index contributed by atoms with van der Waals surface area (Å²) in [5.41, 5.74) is 5.17. The molecule has 5 heteroatoms. The summed E-state index contributed by atoms with van der Waals surface area (Å²) >= 11 is 0. The Labute approximate surface area is 81.9 Å². The molecule has 2 atom stereocenters. The number of rotatable bonds is 1. The summed E-state index contributed by atoms with van der Waals surface area (Å²) in [5.74, 6) is -0.211. The van der Waals surface area contributed by atoms with Gasteiger partial charge in [-0.05, 0) is 24.7 Å².